The summed E-state index contributed by atoms with van der Waals surface area (Å²) in [6.07, 6.45) is 6.66. The largest absolute Gasteiger partial charge is 0.505 e. The Hall–Kier alpha value is -2.50. The molecule has 0 bridgehead atoms. The predicted molar refractivity (Wildman–Crippen MR) is 75.8 cm³/mol. The molecule has 0 spiro atoms. The third-order valence-corrected chi connectivity index (χ3v) is 3.72. The minimum atomic E-state index is -0.230. The van der Waals surface area contributed by atoms with Crippen LogP contribution in [0.1, 0.15) is 34.9 Å². The third kappa shape index (κ3) is 2.84. The quantitative estimate of drug-likeness (QED) is 0.906. The van der Waals surface area contributed by atoms with Gasteiger partial charge in [-0.25, -0.2) is 15.0 Å². The Morgan fingerprint density at radius 3 is 2.95 bits per heavy atom. The molecule has 3 rings (SSSR count). The highest BCUT2D eigenvalue weighted by molar-refractivity contribution is 5.94. The molecule has 1 aliphatic rings. The van der Waals surface area contributed by atoms with Crippen molar-refractivity contribution in [3.63, 3.8) is 0 Å². The van der Waals surface area contributed by atoms with E-state index in [1.165, 1.54) is 18.6 Å². The fourth-order valence-electron chi connectivity index (χ4n) is 2.66. The van der Waals surface area contributed by atoms with Gasteiger partial charge >= 0.3 is 0 Å². The lowest BCUT2D eigenvalue weighted by molar-refractivity contribution is 0.0696. The molecule has 1 atom stereocenters. The van der Waals surface area contributed by atoms with Gasteiger partial charge < -0.3 is 10.0 Å². The van der Waals surface area contributed by atoms with Gasteiger partial charge in [-0.15, -0.1) is 0 Å². The van der Waals surface area contributed by atoms with E-state index in [9.17, 15) is 9.90 Å². The summed E-state index contributed by atoms with van der Waals surface area (Å²) in [7, 11) is 0. The van der Waals surface area contributed by atoms with Gasteiger partial charge in [0.2, 0.25) is 0 Å². The Balaban J connectivity index is 1.77. The monoisotopic (exact) mass is 284 g/mol. The number of hydrogen-bond donors (Lipinski definition) is 1. The Morgan fingerprint density at radius 1 is 1.29 bits per heavy atom. The van der Waals surface area contributed by atoms with Crippen LogP contribution in [0.4, 0.5) is 0 Å². The van der Waals surface area contributed by atoms with Crippen LogP contribution in [-0.4, -0.2) is 44.0 Å². The van der Waals surface area contributed by atoms with Gasteiger partial charge in [-0.3, -0.25) is 4.79 Å². The number of piperidine rings is 1. The lowest BCUT2D eigenvalue weighted by atomic mass is 9.94. The fraction of sp³-hybridized carbons (Fsp3) is 0.333. The lowest BCUT2D eigenvalue weighted by Crippen LogP contribution is -2.39. The van der Waals surface area contributed by atoms with Gasteiger partial charge in [-0.2, -0.15) is 0 Å². The second-order valence-electron chi connectivity index (χ2n) is 5.10. The van der Waals surface area contributed by atoms with Crippen LogP contribution in [-0.2, 0) is 0 Å². The minimum Gasteiger partial charge on any atom is -0.505 e. The van der Waals surface area contributed by atoms with Crippen LogP contribution in [0, 0.1) is 0 Å². The van der Waals surface area contributed by atoms with E-state index in [4.69, 9.17) is 0 Å². The van der Waals surface area contributed by atoms with Crippen molar-refractivity contribution in [2.45, 2.75) is 18.8 Å². The van der Waals surface area contributed by atoms with E-state index < -0.39 is 0 Å². The molecule has 1 fully saturated rings. The second-order valence-corrected chi connectivity index (χ2v) is 5.10. The van der Waals surface area contributed by atoms with Crippen molar-refractivity contribution in [3.8, 4) is 5.75 Å². The van der Waals surface area contributed by atoms with Crippen LogP contribution >= 0.6 is 0 Å². The maximum absolute atomic E-state index is 12.5. The number of aromatic nitrogens is 3. The van der Waals surface area contributed by atoms with Gasteiger partial charge in [-0.05, 0) is 31.0 Å². The van der Waals surface area contributed by atoms with Gasteiger partial charge in [0.25, 0.3) is 5.91 Å². The van der Waals surface area contributed by atoms with Gasteiger partial charge in [0.15, 0.2) is 5.69 Å². The highest BCUT2D eigenvalue weighted by Crippen LogP contribution is 2.27. The summed E-state index contributed by atoms with van der Waals surface area (Å²) in [5.41, 5.74) is 1.06. The van der Waals surface area contributed by atoms with Crippen molar-refractivity contribution < 1.29 is 9.90 Å². The zero-order chi connectivity index (χ0) is 14.7. The van der Waals surface area contributed by atoms with Crippen LogP contribution < -0.4 is 0 Å². The molecule has 108 valence electrons. The van der Waals surface area contributed by atoms with Crippen molar-refractivity contribution in [2.24, 2.45) is 0 Å². The van der Waals surface area contributed by atoms with Gasteiger partial charge in [0.05, 0.1) is 0 Å². The van der Waals surface area contributed by atoms with Crippen molar-refractivity contribution in [3.05, 3.63) is 48.3 Å². The average Bonchev–Trinajstić information content (AvgIpc) is 2.56. The molecule has 0 radical (unpaired) electrons. The lowest BCUT2D eigenvalue weighted by Gasteiger charge is -2.32. The van der Waals surface area contributed by atoms with Gasteiger partial charge in [0.1, 0.15) is 12.1 Å². The number of hydrogen-bond acceptors (Lipinski definition) is 5. The predicted octanol–water partition coefficient (Wildman–Crippen LogP) is 1.60. The van der Waals surface area contributed by atoms with Crippen LogP contribution in [0.2, 0.25) is 0 Å². The molecule has 2 aromatic heterocycles. The molecule has 1 unspecified atom stereocenters. The summed E-state index contributed by atoms with van der Waals surface area (Å²) < 4.78 is 0. The number of carbonyl (C=O) groups is 1. The number of carbonyl (C=O) groups excluding carboxylic acids is 1. The molecule has 6 nitrogen and oxygen atoms in total. The van der Waals surface area contributed by atoms with E-state index in [0.29, 0.717) is 13.1 Å². The molecular formula is C15H16N4O2. The van der Waals surface area contributed by atoms with E-state index in [-0.39, 0.29) is 23.3 Å². The molecule has 0 saturated carbocycles. The van der Waals surface area contributed by atoms with E-state index in [0.717, 1.165) is 18.5 Å². The van der Waals surface area contributed by atoms with E-state index in [1.807, 2.05) is 6.07 Å². The highest BCUT2D eigenvalue weighted by atomic mass is 16.3. The first kappa shape index (κ1) is 13.5. The van der Waals surface area contributed by atoms with E-state index in [2.05, 4.69) is 15.0 Å². The first-order valence-electron chi connectivity index (χ1n) is 6.95. The zero-order valence-corrected chi connectivity index (χ0v) is 11.5. The van der Waals surface area contributed by atoms with Crippen LogP contribution in [0.15, 0.2) is 36.9 Å². The summed E-state index contributed by atoms with van der Waals surface area (Å²) in [5, 5.41) is 9.76. The summed E-state index contributed by atoms with van der Waals surface area (Å²) in [6.45, 7) is 1.27. The molecule has 1 amide bonds. The van der Waals surface area contributed by atoms with E-state index >= 15 is 0 Å². The molecule has 0 aromatic carbocycles. The van der Waals surface area contributed by atoms with Crippen molar-refractivity contribution in [2.75, 3.05) is 13.1 Å². The number of amides is 1. The standard InChI is InChI=1S/C15H16N4O2/c20-13-4-1-6-17-14(13)15(21)19-8-2-3-11(9-19)12-5-7-16-10-18-12/h1,4-7,10-11,20H,2-3,8-9H2. The number of aromatic hydroxyl groups is 1. The van der Waals surface area contributed by atoms with Crippen molar-refractivity contribution in [1.29, 1.82) is 0 Å². The van der Waals surface area contributed by atoms with Crippen LogP contribution in [0.3, 0.4) is 0 Å². The fourth-order valence-corrected chi connectivity index (χ4v) is 2.66. The third-order valence-electron chi connectivity index (χ3n) is 3.72. The van der Waals surface area contributed by atoms with Crippen molar-refractivity contribution in [1.82, 2.24) is 19.9 Å². The van der Waals surface area contributed by atoms with E-state index in [1.54, 1.807) is 17.2 Å². The smallest absolute Gasteiger partial charge is 0.276 e. The maximum atomic E-state index is 12.5. The van der Waals surface area contributed by atoms with Gasteiger partial charge in [0, 0.05) is 37.1 Å². The Labute approximate surface area is 122 Å². The highest BCUT2D eigenvalue weighted by Gasteiger charge is 2.28. The normalized spacial score (nSPS) is 18.5. The molecule has 21 heavy (non-hydrogen) atoms. The van der Waals surface area contributed by atoms with Crippen molar-refractivity contribution >= 4 is 5.91 Å². The van der Waals surface area contributed by atoms with Gasteiger partial charge in [-0.1, -0.05) is 0 Å². The zero-order valence-electron chi connectivity index (χ0n) is 11.5. The average molecular weight is 284 g/mol. The summed E-state index contributed by atoms with van der Waals surface area (Å²) in [6, 6.07) is 4.97. The number of likely N-dealkylation sites (tertiary alicyclic amines) is 1. The number of nitrogens with zero attached hydrogens (tertiary/aromatic N) is 4. The number of pyridine rings is 1. The van der Waals surface area contributed by atoms with Crippen LogP contribution in [0.5, 0.6) is 5.75 Å². The minimum absolute atomic E-state index is 0.0772. The Kier molecular flexibility index (Phi) is 3.77. The molecule has 1 saturated heterocycles. The molecule has 3 heterocycles. The number of rotatable bonds is 2. The maximum Gasteiger partial charge on any atom is 0.276 e. The van der Waals surface area contributed by atoms with Crippen LogP contribution in [0.25, 0.3) is 0 Å². The second kappa shape index (κ2) is 5.87. The SMILES string of the molecule is O=C(c1ncccc1O)N1CCCC(c2ccncn2)C1. The Morgan fingerprint density at radius 2 is 2.19 bits per heavy atom. The summed E-state index contributed by atoms with van der Waals surface area (Å²) in [5.74, 6) is -0.102. The molecular weight excluding hydrogens is 268 g/mol. The molecule has 1 aliphatic heterocycles. The Bertz CT molecular complexity index is 633. The first-order valence-corrected chi connectivity index (χ1v) is 6.95. The molecule has 0 aliphatic carbocycles. The topological polar surface area (TPSA) is 79.2 Å². The summed E-state index contributed by atoms with van der Waals surface area (Å²) in [4.78, 5) is 26.4. The first-order chi connectivity index (χ1) is 10.3. The summed E-state index contributed by atoms with van der Waals surface area (Å²) >= 11 is 0. The molecule has 6 heteroatoms. The molecule has 2 aromatic rings. The molecule has 1 N–H and O–H groups in total.